The van der Waals surface area contributed by atoms with Crippen LogP contribution in [0.15, 0.2) is 53.5 Å². The van der Waals surface area contributed by atoms with Crippen LogP contribution in [0.2, 0.25) is 0 Å². The summed E-state index contributed by atoms with van der Waals surface area (Å²) < 4.78 is 49.3. The molecular formula is C32H36F3N3O5. The molecule has 8 nitrogen and oxygen atoms in total. The Morgan fingerprint density at radius 3 is 2.47 bits per heavy atom. The summed E-state index contributed by atoms with van der Waals surface area (Å²) in [6.07, 6.45) is 3.12. The number of likely N-dealkylation sites (N-methyl/N-ethyl adjacent to an activating group) is 1. The van der Waals surface area contributed by atoms with E-state index in [0.29, 0.717) is 31.4 Å². The molecule has 4 atom stereocenters. The van der Waals surface area contributed by atoms with Gasteiger partial charge < -0.3 is 24.6 Å². The molecule has 0 bridgehead atoms. The highest BCUT2D eigenvalue weighted by Crippen LogP contribution is 2.35. The summed E-state index contributed by atoms with van der Waals surface area (Å²) in [5.74, 6) is -4.88. The van der Waals surface area contributed by atoms with Gasteiger partial charge in [0.25, 0.3) is 5.91 Å². The SMILES string of the molecule is CC(O)CC1CCC(C)N(C)CC1n1cc(C(=O)NCc2c(F)cc(F)cc2F)c(=O)c(OCc2ccccc2)c1C=O. The minimum Gasteiger partial charge on any atom is -0.483 e. The molecule has 1 amide bonds. The number of aliphatic hydroxyl groups is 1. The van der Waals surface area contributed by atoms with Crippen LogP contribution in [0.1, 0.15) is 71.1 Å². The van der Waals surface area contributed by atoms with Gasteiger partial charge in [0.2, 0.25) is 5.43 Å². The van der Waals surface area contributed by atoms with Gasteiger partial charge in [-0.1, -0.05) is 30.3 Å². The van der Waals surface area contributed by atoms with E-state index in [1.54, 1.807) is 35.8 Å². The van der Waals surface area contributed by atoms with Crippen LogP contribution < -0.4 is 15.5 Å². The molecule has 11 heteroatoms. The molecule has 1 aromatic heterocycles. The minimum absolute atomic E-state index is 0.0587. The molecule has 0 saturated carbocycles. The van der Waals surface area contributed by atoms with Crippen molar-refractivity contribution in [2.45, 2.75) is 64.4 Å². The highest BCUT2D eigenvalue weighted by Gasteiger charge is 2.34. The van der Waals surface area contributed by atoms with Crippen LogP contribution in [0.5, 0.6) is 5.75 Å². The van der Waals surface area contributed by atoms with Gasteiger partial charge in [0.05, 0.1) is 6.10 Å². The number of rotatable bonds is 10. The maximum absolute atomic E-state index is 14.2. The summed E-state index contributed by atoms with van der Waals surface area (Å²) in [4.78, 5) is 41.8. The third-order valence-corrected chi connectivity index (χ3v) is 8.07. The van der Waals surface area contributed by atoms with Crippen LogP contribution in [0, 0.1) is 23.4 Å². The fourth-order valence-corrected chi connectivity index (χ4v) is 5.57. The molecule has 1 aliphatic heterocycles. The quantitative estimate of drug-likeness (QED) is 0.330. The Kier molecular flexibility index (Phi) is 10.4. The molecule has 3 aromatic rings. The second-order valence-corrected chi connectivity index (χ2v) is 11.2. The zero-order valence-corrected chi connectivity index (χ0v) is 24.4. The number of halogens is 3. The second-order valence-electron chi connectivity index (χ2n) is 11.2. The molecule has 2 N–H and O–H groups in total. The second kappa shape index (κ2) is 14.0. The van der Waals surface area contributed by atoms with Crippen molar-refractivity contribution in [3.63, 3.8) is 0 Å². The van der Waals surface area contributed by atoms with E-state index in [1.807, 2.05) is 13.1 Å². The standard InChI is InChI=1S/C32H36F3N3O5/c1-19-9-10-22(11-20(2)40)28(16-37(19)3)38-15-25(32(42)36-14-24-26(34)12-23(33)13-27(24)35)30(41)31(29(38)17-39)43-18-21-7-5-4-6-8-21/h4-8,12-13,15,17,19-20,22,28,40H,9-11,14,16,18H2,1-3H3,(H,36,42). The third kappa shape index (κ3) is 7.52. The fourth-order valence-electron chi connectivity index (χ4n) is 5.57. The smallest absolute Gasteiger partial charge is 0.257 e. The Hall–Kier alpha value is -3.96. The zero-order chi connectivity index (χ0) is 31.3. The van der Waals surface area contributed by atoms with E-state index in [2.05, 4.69) is 17.1 Å². The lowest BCUT2D eigenvalue weighted by Gasteiger charge is -2.32. The number of pyridine rings is 1. The third-order valence-electron chi connectivity index (χ3n) is 8.07. The summed E-state index contributed by atoms with van der Waals surface area (Å²) in [5, 5.41) is 12.6. The maximum atomic E-state index is 14.2. The Balaban J connectivity index is 1.80. The molecule has 0 spiro atoms. The van der Waals surface area contributed by atoms with Gasteiger partial charge in [0, 0.05) is 49.1 Å². The molecule has 2 aromatic carbocycles. The number of likely N-dealkylation sites (tertiary alicyclic amines) is 1. The predicted molar refractivity (Wildman–Crippen MR) is 155 cm³/mol. The van der Waals surface area contributed by atoms with E-state index in [1.165, 1.54) is 6.20 Å². The van der Waals surface area contributed by atoms with Gasteiger partial charge in [0.1, 0.15) is 35.3 Å². The Morgan fingerprint density at radius 1 is 1.16 bits per heavy atom. The average Bonchev–Trinajstić information content (AvgIpc) is 3.09. The lowest BCUT2D eigenvalue weighted by Crippen LogP contribution is -2.37. The molecule has 4 rings (SSSR count). The van der Waals surface area contributed by atoms with Crippen LogP contribution >= 0.6 is 0 Å². The summed E-state index contributed by atoms with van der Waals surface area (Å²) in [6, 6.07) is 9.73. The first-order valence-electron chi connectivity index (χ1n) is 14.2. The number of aliphatic hydroxyl groups excluding tert-OH is 1. The van der Waals surface area contributed by atoms with Crippen molar-refractivity contribution in [3.8, 4) is 5.75 Å². The van der Waals surface area contributed by atoms with Crippen LogP contribution in [0.25, 0.3) is 0 Å². The van der Waals surface area contributed by atoms with Crippen LogP contribution in [0.4, 0.5) is 13.2 Å². The van der Waals surface area contributed by atoms with Crippen molar-refractivity contribution in [1.82, 2.24) is 14.8 Å². The largest absolute Gasteiger partial charge is 0.483 e. The Labute approximate surface area is 248 Å². The van der Waals surface area contributed by atoms with E-state index in [0.717, 1.165) is 18.4 Å². The number of benzene rings is 2. The molecule has 230 valence electrons. The summed E-state index contributed by atoms with van der Waals surface area (Å²) in [7, 11) is 1.94. The summed E-state index contributed by atoms with van der Waals surface area (Å²) >= 11 is 0. The first kappa shape index (κ1) is 32.0. The van der Waals surface area contributed by atoms with Crippen molar-refractivity contribution in [3.05, 3.63) is 98.7 Å². The normalized spacial score (nSPS) is 19.8. The predicted octanol–water partition coefficient (Wildman–Crippen LogP) is 4.63. The molecule has 0 radical (unpaired) electrons. The monoisotopic (exact) mass is 599 g/mol. The van der Waals surface area contributed by atoms with E-state index in [-0.39, 0.29) is 30.0 Å². The minimum atomic E-state index is -1.19. The number of amides is 1. The van der Waals surface area contributed by atoms with Crippen molar-refractivity contribution in [1.29, 1.82) is 0 Å². The highest BCUT2D eigenvalue weighted by molar-refractivity contribution is 5.95. The average molecular weight is 600 g/mol. The van der Waals surface area contributed by atoms with Crippen molar-refractivity contribution >= 4 is 12.2 Å². The molecule has 1 saturated heterocycles. The number of aromatic nitrogens is 1. The number of hydrogen-bond acceptors (Lipinski definition) is 6. The number of nitrogens with zero attached hydrogens (tertiary/aromatic N) is 2. The van der Waals surface area contributed by atoms with Gasteiger partial charge in [0.15, 0.2) is 12.0 Å². The van der Waals surface area contributed by atoms with Crippen LogP contribution in [-0.2, 0) is 13.2 Å². The van der Waals surface area contributed by atoms with Gasteiger partial charge in [-0.2, -0.15) is 0 Å². The fraction of sp³-hybridized carbons (Fsp3) is 0.406. The molecular weight excluding hydrogens is 563 g/mol. The Bertz CT molecular complexity index is 1490. The first-order valence-corrected chi connectivity index (χ1v) is 14.2. The molecule has 4 unspecified atom stereocenters. The lowest BCUT2D eigenvalue weighted by atomic mass is 9.89. The van der Waals surface area contributed by atoms with Crippen molar-refractivity contribution in [2.75, 3.05) is 13.6 Å². The van der Waals surface area contributed by atoms with Gasteiger partial charge in [-0.05, 0) is 51.6 Å². The number of hydrogen-bond donors (Lipinski definition) is 2. The van der Waals surface area contributed by atoms with E-state index >= 15 is 0 Å². The van der Waals surface area contributed by atoms with Crippen molar-refractivity contribution in [2.24, 2.45) is 5.92 Å². The van der Waals surface area contributed by atoms with Crippen LogP contribution in [0.3, 0.4) is 0 Å². The molecule has 1 fully saturated rings. The number of carbonyl (C=O) groups is 2. The molecule has 2 heterocycles. The van der Waals surface area contributed by atoms with Crippen LogP contribution in [-0.4, -0.2) is 52.5 Å². The molecule has 1 aliphatic rings. The number of carbonyl (C=O) groups excluding carboxylic acids is 2. The van der Waals surface area contributed by atoms with Gasteiger partial charge in [-0.25, -0.2) is 13.2 Å². The molecule has 43 heavy (non-hydrogen) atoms. The van der Waals surface area contributed by atoms with E-state index in [4.69, 9.17) is 4.74 Å². The zero-order valence-electron chi connectivity index (χ0n) is 24.4. The topological polar surface area (TPSA) is 101 Å². The Morgan fingerprint density at radius 2 is 1.84 bits per heavy atom. The van der Waals surface area contributed by atoms with Gasteiger partial charge >= 0.3 is 0 Å². The summed E-state index contributed by atoms with van der Waals surface area (Å²) in [5.41, 5.74) is -1.17. The lowest BCUT2D eigenvalue weighted by molar-refractivity contribution is 0.0942. The van der Waals surface area contributed by atoms with Gasteiger partial charge in [-0.3, -0.25) is 14.4 Å². The number of ether oxygens (including phenoxy) is 1. The summed E-state index contributed by atoms with van der Waals surface area (Å²) in [6.45, 7) is 3.50. The number of aldehydes is 1. The van der Waals surface area contributed by atoms with Crippen molar-refractivity contribution < 1.29 is 32.6 Å². The van der Waals surface area contributed by atoms with Gasteiger partial charge in [-0.15, -0.1) is 0 Å². The van der Waals surface area contributed by atoms with E-state index in [9.17, 15) is 32.7 Å². The maximum Gasteiger partial charge on any atom is 0.257 e. The molecule has 0 aliphatic carbocycles. The highest BCUT2D eigenvalue weighted by atomic mass is 19.1. The first-order chi connectivity index (χ1) is 20.5. The number of nitrogens with one attached hydrogen (secondary N) is 1. The van der Waals surface area contributed by atoms with E-state index < -0.39 is 58.6 Å².